The van der Waals surface area contributed by atoms with Crippen molar-refractivity contribution in [3.05, 3.63) is 34.9 Å². The molecule has 1 atom stereocenters. The van der Waals surface area contributed by atoms with Gasteiger partial charge in [0.2, 0.25) is 0 Å². The van der Waals surface area contributed by atoms with Gasteiger partial charge in [0.1, 0.15) is 0 Å². The van der Waals surface area contributed by atoms with Gasteiger partial charge in [-0.2, -0.15) is 0 Å². The Kier molecular flexibility index (Phi) is 3.39. The fourth-order valence-corrected chi connectivity index (χ4v) is 2.28. The SMILES string of the molecule is NC(CO)Cc1ccc2c(c1)CCCC2. The second-order valence-electron chi connectivity index (χ2n) is 4.46. The van der Waals surface area contributed by atoms with Crippen LogP contribution in [0.1, 0.15) is 29.5 Å². The van der Waals surface area contributed by atoms with Crippen LogP contribution in [0.15, 0.2) is 18.2 Å². The molecule has 0 fully saturated rings. The zero-order chi connectivity index (χ0) is 10.7. The van der Waals surface area contributed by atoms with Gasteiger partial charge in [-0.25, -0.2) is 0 Å². The normalized spacial score (nSPS) is 17.2. The molecule has 1 aliphatic rings. The molecule has 82 valence electrons. The van der Waals surface area contributed by atoms with E-state index >= 15 is 0 Å². The van der Waals surface area contributed by atoms with E-state index in [1.54, 1.807) is 0 Å². The summed E-state index contributed by atoms with van der Waals surface area (Å²) in [6.07, 6.45) is 5.84. The number of benzene rings is 1. The van der Waals surface area contributed by atoms with Crippen molar-refractivity contribution in [3.8, 4) is 0 Å². The lowest BCUT2D eigenvalue weighted by Crippen LogP contribution is -2.26. The van der Waals surface area contributed by atoms with E-state index in [1.807, 2.05) is 0 Å². The molecule has 0 spiro atoms. The molecule has 0 amide bonds. The van der Waals surface area contributed by atoms with E-state index in [0.29, 0.717) is 0 Å². The monoisotopic (exact) mass is 205 g/mol. The van der Waals surface area contributed by atoms with Gasteiger partial charge in [0.25, 0.3) is 0 Å². The summed E-state index contributed by atoms with van der Waals surface area (Å²) in [5, 5.41) is 8.91. The Labute approximate surface area is 91.1 Å². The Morgan fingerprint density at radius 1 is 1.20 bits per heavy atom. The molecule has 2 nitrogen and oxygen atoms in total. The first-order valence-electron chi connectivity index (χ1n) is 5.76. The lowest BCUT2D eigenvalue weighted by molar-refractivity contribution is 0.265. The number of aliphatic hydroxyl groups excluding tert-OH is 1. The van der Waals surface area contributed by atoms with Crippen LogP contribution in [0.25, 0.3) is 0 Å². The van der Waals surface area contributed by atoms with Crippen LogP contribution in [0.2, 0.25) is 0 Å². The minimum atomic E-state index is -0.119. The third-order valence-corrected chi connectivity index (χ3v) is 3.15. The van der Waals surface area contributed by atoms with Gasteiger partial charge in [-0.15, -0.1) is 0 Å². The molecule has 0 aromatic heterocycles. The van der Waals surface area contributed by atoms with Crippen molar-refractivity contribution in [1.29, 1.82) is 0 Å². The summed E-state index contributed by atoms with van der Waals surface area (Å²) in [6, 6.07) is 6.53. The number of aryl methyl sites for hydroxylation is 2. The summed E-state index contributed by atoms with van der Waals surface area (Å²) < 4.78 is 0. The first-order valence-corrected chi connectivity index (χ1v) is 5.76. The van der Waals surface area contributed by atoms with Gasteiger partial charge in [0, 0.05) is 6.04 Å². The average Bonchev–Trinajstić information content (AvgIpc) is 2.29. The van der Waals surface area contributed by atoms with E-state index in [2.05, 4.69) is 18.2 Å². The lowest BCUT2D eigenvalue weighted by Gasteiger charge is -2.17. The Morgan fingerprint density at radius 2 is 1.93 bits per heavy atom. The highest BCUT2D eigenvalue weighted by Crippen LogP contribution is 2.22. The van der Waals surface area contributed by atoms with Crippen molar-refractivity contribution in [2.24, 2.45) is 5.73 Å². The number of hydrogen-bond donors (Lipinski definition) is 2. The van der Waals surface area contributed by atoms with Gasteiger partial charge >= 0.3 is 0 Å². The number of aliphatic hydroxyl groups is 1. The summed E-state index contributed by atoms with van der Waals surface area (Å²) in [6.45, 7) is 0.0666. The average molecular weight is 205 g/mol. The molecule has 2 rings (SSSR count). The van der Waals surface area contributed by atoms with Crippen LogP contribution in [0.4, 0.5) is 0 Å². The molecule has 1 aromatic carbocycles. The third-order valence-electron chi connectivity index (χ3n) is 3.15. The molecule has 0 radical (unpaired) electrons. The second kappa shape index (κ2) is 4.77. The number of nitrogens with two attached hydrogens (primary N) is 1. The Hall–Kier alpha value is -0.860. The quantitative estimate of drug-likeness (QED) is 0.784. The van der Waals surface area contributed by atoms with E-state index in [0.717, 1.165) is 6.42 Å². The highest BCUT2D eigenvalue weighted by Gasteiger charge is 2.10. The molecule has 0 saturated heterocycles. The van der Waals surface area contributed by atoms with Crippen LogP contribution in [0.5, 0.6) is 0 Å². The molecule has 0 saturated carbocycles. The highest BCUT2D eigenvalue weighted by molar-refractivity contribution is 5.34. The summed E-state index contributed by atoms with van der Waals surface area (Å²) in [4.78, 5) is 0. The molecule has 0 aliphatic heterocycles. The number of fused-ring (bicyclic) bond motifs is 1. The van der Waals surface area contributed by atoms with Crippen molar-refractivity contribution in [1.82, 2.24) is 0 Å². The lowest BCUT2D eigenvalue weighted by atomic mass is 9.89. The van der Waals surface area contributed by atoms with Crippen LogP contribution in [0, 0.1) is 0 Å². The molecule has 2 heteroatoms. The van der Waals surface area contributed by atoms with E-state index in [-0.39, 0.29) is 12.6 Å². The number of hydrogen-bond acceptors (Lipinski definition) is 2. The van der Waals surface area contributed by atoms with Crippen molar-refractivity contribution in [3.63, 3.8) is 0 Å². The first-order chi connectivity index (χ1) is 7.29. The minimum Gasteiger partial charge on any atom is -0.395 e. The topological polar surface area (TPSA) is 46.2 Å². The van der Waals surface area contributed by atoms with Crippen molar-refractivity contribution in [2.45, 2.75) is 38.1 Å². The van der Waals surface area contributed by atoms with E-state index in [1.165, 1.54) is 42.4 Å². The predicted molar refractivity (Wildman–Crippen MR) is 61.8 cm³/mol. The van der Waals surface area contributed by atoms with E-state index < -0.39 is 0 Å². The summed E-state index contributed by atoms with van der Waals surface area (Å²) in [5.41, 5.74) is 9.98. The molecule has 0 bridgehead atoms. The maximum atomic E-state index is 8.91. The Morgan fingerprint density at radius 3 is 2.67 bits per heavy atom. The fraction of sp³-hybridized carbons (Fsp3) is 0.538. The zero-order valence-electron chi connectivity index (χ0n) is 9.08. The van der Waals surface area contributed by atoms with Crippen LogP contribution in [0.3, 0.4) is 0 Å². The molecule has 15 heavy (non-hydrogen) atoms. The largest absolute Gasteiger partial charge is 0.395 e. The number of rotatable bonds is 3. The summed E-state index contributed by atoms with van der Waals surface area (Å²) in [5.74, 6) is 0. The first kappa shape index (κ1) is 10.7. The highest BCUT2D eigenvalue weighted by atomic mass is 16.3. The van der Waals surface area contributed by atoms with E-state index in [4.69, 9.17) is 10.8 Å². The molecular weight excluding hydrogens is 186 g/mol. The molecule has 1 aromatic rings. The molecule has 1 unspecified atom stereocenters. The van der Waals surface area contributed by atoms with Gasteiger partial charge in [-0.1, -0.05) is 18.2 Å². The maximum Gasteiger partial charge on any atom is 0.0585 e. The van der Waals surface area contributed by atoms with Crippen LogP contribution < -0.4 is 5.73 Å². The van der Waals surface area contributed by atoms with Crippen LogP contribution >= 0.6 is 0 Å². The van der Waals surface area contributed by atoms with Gasteiger partial charge in [-0.3, -0.25) is 0 Å². The van der Waals surface area contributed by atoms with Gasteiger partial charge in [-0.05, 0) is 48.8 Å². The summed E-state index contributed by atoms with van der Waals surface area (Å²) in [7, 11) is 0. The molecular formula is C13H19NO. The standard InChI is InChI=1S/C13H19NO/c14-13(9-15)8-10-5-6-11-3-1-2-4-12(11)7-10/h5-7,13,15H,1-4,8-9,14H2. The predicted octanol–water partition coefficient (Wildman–Crippen LogP) is 1.43. The Balaban J connectivity index is 2.13. The van der Waals surface area contributed by atoms with Gasteiger partial charge < -0.3 is 10.8 Å². The van der Waals surface area contributed by atoms with Gasteiger partial charge in [0.15, 0.2) is 0 Å². The molecule has 3 N–H and O–H groups in total. The van der Waals surface area contributed by atoms with Gasteiger partial charge in [0.05, 0.1) is 6.61 Å². The smallest absolute Gasteiger partial charge is 0.0585 e. The van der Waals surface area contributed by atoms with Crippen molar-refractivity contribution >= 4 is 0 Å². The van der Waals surface area contributed by atoms with E-state index in [9.17, 15) is 0 Å². The zero-order valence-corrected chi connectivity index (χ0v) is 9.08. The summed E-state index contributed by atoms with van der Waals surface area (Å²) >= 11 is 0. The minimum absolute atomic E-state index is 0.0666. The Bertz CT molecular complexity index is 335. The molecule has 0 heterocycles. The molecule has 1 aliphatic carbocycles. The fourth-order valence-electron chi connectivity index (χ4n) is 2.28. The van der Waals surface area contributed by atoms with Crippen molar-refractivity contribution < 1.29 is 5.11 Å². The second-order valence-corrected chi connectivity index (χ2v) is 4.46. The van der Waals surface area contributed by atoms with Crippen molar-refractivity contribution in [2.75, 3.05) is 6.61 Å². The van der Waals surface area contributed by atoms with Crippen LogP contribution in [-0.2, 0) is 19.3 Å². The third kappa shape index (κ3) is 2.58. The van der Waals surface area contributed by atoms with Crippen LogP contribution in [-0.4, -0.2) is 17.8 Å². The maximum absolute atomic E-state index is 8.91.